The predicted molar refractivity (Wildman–Crippen MR) is 76.2 cm³/mol. The fourth-order valence-corrected chi connectivity index (χ4v) is 3.16. The molecule has 0 rings (SSSR count). The Balaban J connectivity index is 4.19. The number of esters is 1. The van der Waals surface area contributed by atoms with Crippen LogP contribution >= 0.6 is 0 Å². The van der Waals surface area contributed by atoms with Crippen molar-refractivity contribution < 1.29 is 17.9 Å². The molecule has 0 aromatic rings. The van der Waals surface area contributed by atoms with Crippen LogP contribution in [0.25, 0.3) is 0 Å². The average molecular weight is 293 g/mol. The van der Waals surface area contributed by atoms with E-state index in [4.69, 9.17) is 0 Å². The number of carbonyl (C=O) groups excluding carboxylic acids is 1. The van der Waals surface area contributed by atoms with E-state index in [0.29, 0.717) is 24.3 Å². The maximum atomic E-state index is 11.8. The van der Waals surface area contributed by atoms with Gasteiger partial charge in [-0.15, -0.1) is 0 Å². The summed E-state index contributed by atoms with van der Waals surface area (Å²) in [6, 6.07) is 0. The van der Waals surface area contributed by atoms with Crippen molar-refractivity contribution in [3.05, 3.63) is 0 Å². The summed E-state index contributed by atoms with van der Waals surface area (Å²) >= 11 is 0. The largest absolute Gasteiger partial charge is 0.469 e. The highest BCUT2D eigenvalue weighted by molar-refractivity contribution is 7.89. The van der Waals surface area contributed by atoms with E-state index < -0.39 is 10.0 Å². The van der Waals surface area contributed by atoms with Crippen LogP contribution in [0, 0.1) is 17.8 Å². The predicted octanol–water partition coefficient (Wildman–Crippen LogP) is 1.79. The first-order valence-electron chi connectivity index (χ1n) is 6.73. The number of methoxy groups -OCH3 is 1. The van der Waals surface area contributed by atoms with E-state index in [1.54, 1.807) is 0 Å². The zero-order valence-corrected chi connectivity index (χ0v) is 13.4. The topological polar surface area (TPSA) is 72.5 Å². The summed E-state index contributed by atoms with van der Waals surface area (Å²) in [5.41, 5.74) is 0. The molecule has 0 fully saturated rings. The molecule has 0 saturated carbocycles. The molecule has 0 aromatic heterocycles. The van der Waals surface area contributed by atoms with Gasteiger partial charge in [0, 0.05) is 13.0 Å². The molecule has 0 atom stereocenters. The van der Waals surface area contributed by atoms with Gasteiger partial charge in [-0.3, -0.25) is 4.79 Å². The molecule has 114 valence electrons. The SMILES string of the molecule is COC(=O)CCCS(=O)(=O)NCC(C(C)C)C(C)C. The Morgan fingerprint density at radius 3 is 2.11 bits per heavy atom. The van der Waals surface area contributed by atoms with Crippen LogP contribution < -0.4 is 4.72 Å². The van der Waals surface area contributed by atoms with Gasteiger partial charge in [0.2, 0.25) is 10.0 Å². The second kappa shape index (κ2) is 8.53. The zero-order chi connectivity index (χ0) is 15.1. The van der Waals surface area contributed by atoms with Gasteiger partial charge in [0.15, 0.2) is 0 Å². The Hall–Kier alpha value is -0.620. The van der Waals surface area contributed by atoms with Crippen LogP contribution in [0.4, 0.5) is 0 Å². The maximum Gasteiger partial charge on any atom is 0.305 e. The molecule has 0 spiro atoms. The summed E-state index contributed by atoms with van der Waals surface area (Å²) in [5, 5.41) is 0. The lowest BCUT2D eigenvalue weighted by Gasteiger charge is -2.24. The monoisotopic (exact) mass is 293 g/mol. The molecule has 0 amide bonds. The second-order valence-electron chi connectivity index (χ2n) is 5.50. The van der Waals surface area contributed by atoms with Gasteiger partial charge in [0.25, 0.3) is 0 Å². The highest BCUT2D eigenvalue weighted by Crippen LogP contribution is 2.19. The van der Waals surface area contributed by atoms with Crippen molar-refractivity contribution in [3.8, 4) is 0 Å². The molecular formula is C13H27NO4S. The van der Waals surface area contributed by atoms with Crippen LogP contribution in [0.5, 0.6) is 0 Å². The summed E-state index contributed by atoms with van der Waals surface area (Å²) in [6.07, 6.45) is 0.422. The van der Waals surface area contributed by atoms with Gasteiger partial charge in [-0.1, -0.05) is 27.7 Å². The molecule has 1 N–H and O–H groups in total. The Kier molecular flexibility index (Phi) is 8.25. The number of hydrogen-bond donors (Lipinski definition) is 1. The van der Waals surface area contributed by atoms with Gasteiger partial charge in [-0.25, -0.2) is 13.1 Å². The molecule has 0 saturated heterocycles. The first kappa shape index (κ1) is 18.4. The standard InChI is InChI=1S/C13H27NO4S/c1-10(2)12(11(3)4)9-14-19(16,17)8-6-7-13(15)18-5/h10-12,14H,6-9H2,1-5H3. The minimum absolute atomic E-state index is 0.0367. The van der Waals surface area contributed by atoms with Crippen molar-refractivity contribution in [3.63, 3.8) is 0 Å². The van der Waals surface area contributed by atoms with Crippen molar-refractivity contribution in [1.82, 2.24) is 4.72 Å². The molecule has 6 heteroatoms. The summed E-state index contributed by atoms with van der Waals surface area (Å²) in [6.45, 7) is 8.83. The third-order valence-electron chi connectivity index (χ3n) is 3.27. The summed E-state index contributed by atoms with van der Waals surface area (Å²) in [5.74, 6) is 0.758. The van der Waals surface area contributed by atoms with Crippen molar-refractivity contribution in [1.29, 1.82) is 0 Å². The van der Waals surface area contributed by atoms with Crippen LogP contribution in [0.1, 0.15) is 40.5 Å². The molecule has 0 heterocycles. The van der Waals surface area contributed by atoms with E-state index in [2.05, 4.69) is 37.2 Å². The Bertz CT molecular complexity index is 355. The van der Waals surface area contributed by atoms with E-state index in [-0.39, 0.29) is 24.6 Å². The Morgan fingerprint density at radius 1 is 1.16 bits per heavy atom. The summed E-state index contributed by atoms with van der Waals surface area (Å²) < 4.78 is 30.7. The number of rotatable bonds is 9. The molecular weight excluding hydrogens is 266 g/mol. The third kappa shape index (κ3) is 8.21. The van der Waals surface area contributed by atoms with E-state index in [0.717, 1.165) is 0 Å². The first-order chi connectivity index (χ1) is 8.69. The van der Waals surface area contributed by atoms with E-state index in [1.807, 2.05) is 0 Å². The van der Waals surface area contributed by atoms with Crippen molar-refractivity contribution in [2.45, 2.75) is 40.5 Å². The number of nitrogens with one attached hydrogen (secondary N) is 1. The van der Waals surface area contributed by atoms with Crippen LogP contribution in [0.3, 0.4) is 0 Å². The molecule has 0 aromatic carbocycles. The van der Waals surface area contributed by atoms with Crippen molar-refractivity contribution >= 4 is 16.0 Å². The van der Waals surface area contributed by atoms with Gasteiger partial charge in [0.05, 0.1) is 12.9 Å². The van der Waals surface area contributed by atoms with Gasteiger partial charge in [0.1, 0.15) is 0 Å². The second-order valence-corrected chi connectivity index (χ2v) is 7.43. The Labute approximate surface area is 117 Å². The van der Waals surface area contributed by atoms with Gasteiger partial charge in [-0.05, 0) is 24.2 Å². The summed E-state index contributed by atoms with van der Waals surface area (Å²) in [4.78, 5) is 10.9. The van der Waals surface area contributed by atoms with Gasteiger partial charge in [-0.2, -0.15) is 0 Å². The maximum absolute atomic E-state index is 11.8. The third-order valence-corrected chi connectivity index (χ3v) is 4.71. The fourth-order valence-electron chi connectivity index (χ4n) is 2.05. The van der Waals surface area contributed by atoms with Crippen LogP contribution in [0.15, 0.2) is 0 Å². The molecule has 0 unspecified atom stereocenters. The van der Waals surface area contributed by atoms with Crippen molar-refractivity contribution in [2.75, 3.05) is 19.4 Å². The fraction of sp³-hybridized carbons (Fsp3) is 0.923. The van der Waals surface area contributed by atoms with Crippen LogP contribution in [-0.4, -0.2) is 33.8 Å². The minimum atomic E-state index is -3.31. The number of hydrogen-bond acceptors (Lipinski definition) is 4. The highest BCUT2D eigenvalue weighted by atomic mass is 32.2. The Morgan fingerprint density at radius 2 is 1.68 bits per heavy atom. The molecule has 0 aliphatic carbocycles. The molecule has 0 radical (unpaired) electrons. The number of sulfonamides is 1. The van der Waals surface area contributed by atoms with Gasteiger partial charge >= 0.3 is 5.97 Å². The first-order valence-corrected chi connectivity index (χ1v) is 8.39. The minimum Gasteiger partial charge on any atom is -0.469 e. The summed E-state index contributed by atoms with van der Waals surface area (Å²) in [7, 11) is -2.01. The highest BCUT2D eigenvalue weighted by Gasteiger charge is 2.20. The van der Waals surface area contributed by atoms with E-state index >= 15 is 0 Å². The molecule has 19 heavy (non-hydrogen) atoms. The van der Waals surface area contributed by atoms with E-state index in [9.17, 15) is 13.2 Å². The normalized spacial score (nSPS) is 12.4. The molecule has 0 aliphatic rings. The van der Waals surface area contributed by atoms with Gasteiger partial charge < -0.3 is 4.74 Å². The van der Waals surface area contributed by atoms with Crippen molar-refractivity contribution in [2.24, 2.45) is 17.8 Å². The quantitative estimate of drug-likeness (QED) is 0.658. The number of carbonyl (C=O) groups is 1. The molecule has 0 aliphatic heterocycles. The number of ether oxygens (including phenoxy) is 1. The lowest BCUT2D eigenvalue weighted by Crippen LogP contribution is -2.35. The molecule has 5 nitrogen and oxygen atoms in total. The van der Waals surface area contributed by atoms with Crippen LogP contribution in [0.2, 0.25) is 0 Å². The smallest absolute Gasteiger partial charge is 0.305 e. The zero-order valence-electron chi connectivity index (χ0n) is 12.6. The molecule has 0 bridgehead atoms. The van der Waals surface area contributed by atoms with Crippen LogP contribution in [-0.2, 0) is 19.6 Å². The average Bonchev–Trinajstić information content (AvgIpc) is 2.27. The lowest BCUT2D eigenvalue weighted by atomic mass is 9.86. The van der Waals surface area contributed by atoms with E-state index in [1.165, 1.54) is 7.11 Å². The lowest BCUT2D eigenvalue weighted by molar-refractivity contribution is -0.140.